The summed E-state index contributed by atoms with van der Waals surface area (Å²) in [5.74, 6) is 1.52. The van der Waals surface area contributed by atoms with Crippen molar-refractivity contribution in [3.63, 3.8) is 0 Å². The maximum absolute atomic E-state index is 5.81. The summed E-state index contributed by atoms with van der Waals surface area (Å²) >= 11 is 0. The first-order valence-corrected chi connectivity index (χ1v) is 6.41. The van der Waals surface area contributed by atoms with Crippen LogP contribution in [-0.4, -0.2) is 12.1 Å². The molecule has 1 aromatic rings. The van der Waals surface area contributed by atoms with Crippen LogP contribution in [0.5, 0.6) is 0 Å². The number of furan rings is 1. The van der Waals surface area contributed by atoms with Crippen molar-refractivity contribution in [1.29, 1.82) is 0 Å². The molecule has 0 bridgehead atoms. The van der Waals surface area contributed by atoms with Crippen molar-refractivity contribution in [3.05, 3.63) is 23.7 Å². The zero-order valence-corrected chi connectivity index (χ0v) is 11.6. The third-order valence-electron chi connectivity index (χ3n) is 2.95. The van der Waals surface area contributed by atoms with E-state index in [0.29, 0.717) is 18.6 Å². The number of hydrogen-bond acceptors (Lipinski definition) is 3. The van der Waals surface area contributed by atoms with E-state index < -0.39 is 0 Å². The Bertz CT molecular complexity index is 318. The fourth-order valence-electron chi connectivity index (χ4n) is 1.36. The molecular weight excluding hydrogens is 214 g/mol. The molecule has 1 heterocycles. The first kappa shape index (κ1) is 14.3. The summed E-state index contributed by atoms with van der Waals surface area (Å²) in [6, 6.07) is 2.45. The van der Waals surface area contributed by atoms with E-state index in [9.17, 15) is 0 Å². The monoisotopic (exact) mass is 239 g/mol. The van der Waals surface area contributed by atoms with Crippen molar-refractivity contribution < 1.29 is 9.15 Å². The average molecular weight is 239 g/mol. The molecule has 17 heavy (non-hydrogen) atoms. The zero-order chi connectivity index (χ0) is 12.8. The average Bonchev–Trinajstić information content (AvgIpc) is 2.70. The van der Waals surface area contributed by atoms with Gasteiger partial charge in [-0.25, -0.2) is 0 Å². The molecule has 1 atom stereocenters. The third kappa shape index (κ3) is 4.92. The van der Waals surface area contributed by atoms with Crippen molar-refractivity contribution in [2.75, 3.05) is 0 Å². The van der Waals surface area contributed by atoms with Crippen LogP contribution in [0.2, 0.25) is 0 Å². The van der Waals surface area contributed by atoms with Gasteiger partial charge in [0, 0.05) is 11.6 Å². The van der Waals surface area contributed by atoms with E-state index in [-0.39, 0.29) is 6.10 Å². The van der Waals surface area contributed by atoms with Gasteiger partial charge in [0.05, 0.1) is 25.5 Å². The largest absolute Gasteiger partial charge is 0.468 e. The molecule has 0 aliphatic carbocycles. The van der Waals surface area contributed by atoms with Gasteiger partial charge in [-0.3, -0.25) is 0 Å². The number of hydrogen-bond donors (Lipinski definition) is 1. The van der Waals surface area contributed by atoms with Crippen molar-refractivity contribution in [1.82, 2.24) is 5.32 Å². The Hall–Kier alpha value is -0.800. The van der Waals surface area contributed by atoms with E-state index in [0.717, 1.165) is 17.9 Å². The van der Waals surface area contributed by atoms with Gasteiger partial charge in [-0.2, -0.15) is 0 Å². The predicted molar refractivity (Wildman–Crippen MR) is 69.8 cm³/mol. The van der Waals surface area contributed by atoms with E-state index in [1.54, 1.807) is 6.26 Å². The molecular formula is C14H25NO2. The summed E-state index contributed by atoms with van der Waals surface area (Å²) < 4.78 is 11.3. The fourth-order valence-corrected chi connectivity index (χ4v) is 1.36. The van der Waals surface area contributed by atoms with Crippen molar-refractivity contribution in [3.8, 4) is 0 Å². The van der Waals surface area contributed by atoms with Crippen LogP contribution in [-0.2, 0) is 17.9 Å². The van der Waals surface area contributed by atoms with Gasteiger partial charge in [-0.15, -0.1) is 0 Å². The Kier molecular flexibility index (Phi) is 5.72. The van der Waals surface area contributed by atoms with E-state index in [1.165, 1.54) is 0 Å². The summed E-state index contributed by atoms with van der Waals surface area (Å²) in [4.78, 5) is 0. The Morgan fingerprint density at radius 3 is 2.53 bits per heavy atom. The minimum atomic E-state index is 0.274. The lowest BCUT2D eigenvalue weighted by atomic mass is 10.1. The quantitative estimate of drug-likeness (QED) is 0.792. The summed E-state index contributed by atoms with van der Waals surface area (Å²) in [7, 11) is 0. The standard InChI is InChI=1S/C14H25NO2/c1-10(2)12(5)17-9-13-6-7-16-14(13)8-15-11(3)4/h6-7,10-12,15H,8-9H2,1-5H3. The predicted octanol–water partition coefficient (Wildman–Crippen LogP) is 3.34. The molecule has 0 radical (unpaired) electrons. The smallest absolute Gasteiger partial charge is 0.123 e. The Balaban J connectivity index is 2.45. The first-order valence-electron chi connectivity index (χ1n) is 6.41. The van der Waals surface area contributed by atoms with Gasteiger partial charge in [-0.1, -0.05) is 27.7 Å². The molecule has 3 heteroatoms. The summed E-state index contributed by atoms with van der Waals surface area (Å²) in [6.45, 7) is 12.1. The van der Waals surface area contributed by atoms with Gasteiger partial charge in [-0.05, 0) is 18.9 Å². The maximum Gasteiger partial charge on any atom is 0.123 e. The van der Waals surface area contributed by atoms with Gasteiger partial charge in [0.1, 0.15) is 5.76 Å². The van der Waals surface area contributed by atoms with Gasteiger partial charge < -0.3 is 14.5 Å². The van der Waals surface area contributed by atoms with E-state index in [1.807, 2.05) is 6.07 Å². The third-order valence-corrected chi connectivity index (χ3v) is 2.95. The molecule has 0 amide bonds. The molecule has 0 saturated carbocycles. The number of nitrogens with one attached hydrogen (secondary N) is 1. The molecule has 1 unspecified atom stereocenters. The van der Waals surface area contributed by atoms with Crippen LogP contribution in [0, 0.1) is 5.92 Å². The van der Waals surface area contributed by atoms with Gasteiger partial charge in [0.15, 0.2) is 0 Å². The second kappa shape index (κ2) is 6.82. The van der Waals surface area contributed by atoms with Crippen LogP contribution in [0.4, 0.5) is 0 Å². The topological polar surface area (TPSA) is 34.4 Å². The van der Waals surface area contributed by atoms with Crippen molar-refractivity contribution in [2.24, 2.45) is 5.92 Å². The van der Waals surface area contributed by atoms with Crippen LogP contribution in [0.1, 0.15) is 45.9 Å². The molecule has 0 aliphatic heterocycles. The molecule has 0 saturated heterocycles. The highest BCUT2D eigenvalue weighted by atomic mass is 16.5. The molecule has 0 fully saturated rings. The molecule has 3 nitrogen and oxygen atoms in total. The zero-order valence-electron chi connectivity index (χ0n) is 11.6. The van der Waals surface area contributed by atoms with E-state index in [2.05, 4.69) is 39.9 Å². The summed E-state index contributed by atoms with van der Waals surface area (Å²) in [5.41, 5.74) is 1.14. The normalized spacial score (nSPS) is 13.6. The molecule has 98 valence electrons. The van der Waals surface area contributed by atoms with Crippen molar-refractivity contribution >= 4 is 0 Å². The van der Waals surface area contributed by atoms with Crippen LogP contribution in [0.3, 0.4) is 0 Å². The molecule has 0 spiro atoms. The highest BCUT2D eigenvalue weighted by Crippen LogP contribution is 2.15. The summed E-state index contributed by atoms with van der Waals surface area (Å²) in [6.07, 6.45) is 2.01. The maximum atomic E-state index is 5.81. The fraction of sp³-hybridized carbons (Fsp3) is 0.714. The van der Waals surface area contributed by atoms with Gasteiger partial charge in [0.25, 0.3) is 0 Å². The van der Waals surface area contributed by atoms with E-state index in [4.69, 9.17) is 9.15 Å². The highest BCUT2D eigenvalue weighted by molar-refractivity contribution is 5.15. The molecule has 0 aromatic carbocycles. The SMILES string of the molecule is CC(C)NCc1occc1COC(C)C(C)C. The highest BCUT2D eigenvalue weighted by Gasteiger charge is 2.11. The van der Waals surface area contributed by atoms with Crippen molar-refractivity contribution in [2.45, 2.75) is 59.9 Å². The van der Waals surface area contributed by atoms with Crippen LogP contribution in [0.25, 0.3) is 0 Å². The minimum Gasteiger partial charge on any atom is -0.468 e. The van der Waals surface area contributed by atoms with Crippen LogP contribution < -0.4 is 5.32 Å². The Morgan fingerprint density at radius 1 is 1.24 bits per heavy atom. The lowest BCUT2D eigenvalue weighted by Gasteiger charge is -2.16. The Labute approximate surface area is 105 Å². The number of rotatable bonds is 7. The van der Waals surface area contributed by atoms with E-state index >= 15 is 0 Å². The lowest BCUT2D eigenvalue weighted by molar-refractivity contribution is 0.0228. The van der Waals surface area contributed by atoms with Gasteiger partial charge >= 0.3 is 0 Å². The second-order valence-electron chi connectivity index (χ2n) is 5.16. The molecule has 1 aromatic heterocycles. The molecule has 1 N–H and O–H groups in total. The minimum absolute atomic E-state index is 0.274. The summed E-state index contributed by atoms with van der Waals surface area (Å²) in [5, 5.41) is 3.35. The molecule has 0 aliphatic rings. The Morgan fingerprint density at radius 2 is 1.94 bits per heavy atom. The number of ether oxygens (including phenoxy) is 1. The first-order chi connectivity index (χ1) is 8.00. The lowest BCUT2D eigenvalue weighted by Crippen LogP contribution is -2.22. The van der Waals surface area contributed by atoms with Crippen LogP contribution >= 0.6 is 0 Å². The second-order valence-corrected chi connectivity index (χ2v) is 5.16. The van der Waals surface area contributed by atoms with Gasteiger partial charge in [0.2, 0.25) is 0 Å². The van der Waals surface area contributed by atoms with Crippen LogP contribution in [0.15, 0.2) is 16.7 Å². The molecule has 1 rings (SSSR count).